The van der Waals surface area contributed by atoms with Crippen LogP contribution in [0.1, 0.15) is 28.9 Å². The summed E-state index contributed by atoms with van der Waals surface area (Å²) < 4.78 is 2.02. The lowest BCUT2D eigenvalue weighted by Gasteiger charge is -2.13. The second-order valence-electron chi connectivity index (χ2n) is 5.70. The number of amides is 1. The monoisotopic (exact) mass is 348 g/mol. The summed E-state index contributed by atoms with van der Waals surface area (Å²) in [5.74, 6) is -0.268. The molecule has 3 heterocycles. The van der Waals surface area contributed by atoms with Gasteiger partial charge in [-0.2, -0.15) is 4.99 Å². The molecule has 25 heavy (non-hydrogen) atoms. The zero-order valence-corrected chi connectivity index (χ0v) is 14.4. The number of carbonyl (C=O) groups is 1. The number of benzene rings is 1. The number of thiazole rings is 1. The average molecular weight is 348 g/mol. The minimum absolute atomic E-state index is 0.101. The molecule has 0 aliphatic heterocycles. The zero-order chi connectivity index (χ0) is 17.2. The maximum Gasteiger partial charge on any atom is 0.281 e. The van der Waals surface area contributed by atoms with Crippen LogP contribution in [0.3, 0.4) is 0 Å². The van der Waals surface area contributed by atoms with E-state index in [-0.39, 0.29) is 11.9 Å². The third-order valence-electron chi connectivity index (χ3n) is 4.19. The quantitative estimate of drug-likeness (QED) is 0.612. The van der Waals surface area contributed by atoms with Crippen LogP contribution >= 0.6 is 11.3 Å². The molecule has 0 fully saturated rings. The Labute approximate surface area is 148 Å². The van der Waals surface area contributed by atoms with Crippen LogP contribution in [0.2, 0.25) is 0 Å². The first-order chi connectivity index (χ1) is 12.2. The molecular formula is C19H16N4OS. The molecule has 1 unspecified atom stereocenters. The smallest absolute Gasteiger partial charge is 0.281 e. The second-order valence-corrected chi connectivity index (χ2v) is 6.57. The Morgan fingerprint density at radius 3 is 2.92 bits per heavy atom. The number of hydrogen-bond donors (Lipinski definition) is 1. The number of rotatable bonds is 3. The van der Waals surface area contributed by atoms with Gasteiger partial charge in [-0.3, -0.25) is 4.79 Å². The SMILES string of the molecule is CC(c1ccccc1)n1ccsc1=NC(=O)c1c[nH]c2ncccc12. The second kappa shape index (κ2) is 6.49. The molecule has 4 rings (SSSR count). The van der Waals surface area contributed by atoms with Gasteiger partial charge in [-0.15, -0.1) is 11.3 Å². The van der Waals surface area contributed by atoms with Crippen molar-refractivity contribution in [1.29, 1.82) is 0 Å². The maximum atomic E-state index is 12.7. The van der Waals surface area contributed by atoms with Crippen LogP contribution in [0, 0.1) is 0 Å². The highest BCUT2D eigenvalue weighted by atomic mass is 32.1. The number of aromatic nitrogens is 3. The summed E-state index contributed by atoms with van der Waals surface area (Å²) in [6.07, 6.45) is 5.33. The molecule has 0 saturated carbocycles. The van der Waals surface area contributed by atoms with E-state index < -0.39 is 0 Å². The van der Waals surface area contributed by atoms with E-state index in [1.165, 1.54) is 16.9 Å². The van der Waals surface area contributed by atoms with Crippen molar-refractivity contribution in [2.75, 3.05) is 0 Å². The number of pyridine rings is 1. The Balaban J connectivity index is 1.73. The van der Waals surface area contributed by atoms with Crippen molar-refractivity contribution in [2.24, 2.45) is 4.99 Å². The third-order valence-corrected chi connectivity index (χ3v) is 4.96. The van der Waals surface area contributed by atoms with Crippen molar-refractivity contribution < 1.29 is 4.79 Å². The minimum atomic E-state index is -0.268. The summed E-state index contributed by atoms with van der Waals surface area (Å²) in [5.41, 5.74) is 2.40. The molecule has 1 aromatic carbocycles. The van der Waals surface area contributed by atoms with E-state index in [0.29, 0.717) is 16.0 Å². The Morgan fingerprint density at radius 2 is 2.08 bits per heavy atom. The van der Waals surface area contributed by atoms with Crippen LogP contribution in [0.5, 0.6) is 0 Å². The van der Waals surface area contributed by atoms with Crippen LogP contribution in [-0.2, 0) is 0 Å². The molecule has 1 N–H and O–H groups in total. The van der Waals surface area contributed by atoms with Gasteiger partial charge in [0.15, 0.2) is 4.80 Å². The van der Waals surface area contributed by atoms with Crippen molar-refractivity contribution >= 4 is 28.3 Å². The summed E-state index contributed by atoms with van der Waals surface area (Å²) in [5, 5.41) is 2.73. The van der Waals surface area contributed by atoms with E-state index >= 15 is 0 Å². The molecule has 6 heteroatoms. The molecule has 0 aliphatic rings. The summed E-state index contributed by atoms with van der Waals surface area (Å²) in [6, 6.07) is 14.0. The molecule has 0 saturated heterocycles. The largest absolute Gasteiger partial charge is 0.345 e. The number of nitrogens with one attached hydrogen (secondary N) is 1. The van der Waals surface area contributed by atoms with E-state index in [1.54, 1.807) is 12.4 Å². The topological polar surface area (TPSA) is 63.0 Å². The molecule has 124 valence electrons. The molecule has 0 spiro atoms. The molecule has 1 atom stereocenters. The number of H-pyrrole nitrogens is 1. The molecular weight excluding hydrogens is 332 g/mol. The number of aromatic amines is 1. The predicted molar refractivity (Wildman–Crippen MR) is 98.6 cm³/mol. The highest BCUT2D eigenvalue weighted by Gasteiger charge is 2.13. The van der Waals surface area contributed by atoms with E-state index in [2.05, 4.69) is 34.0 Å². The lowest BCUT2D eigenvalue weighted by atomic mass is 10.1. The molecule has 0 radical (unpaired) electrons. The lowest BCUT2D eigenvalue weighted by Crippen LogP contribution is -2.20. The van der Waals surface area contributed by atoms with Crippen molar-refractivity contribution in [3.05, 3.63) is 82.4 Å². The van der Waals surface area contributed by atoms with Gasteiger partial charge in [0, 0.05) is 29.4 Å². The van der Waals surface area contributed by atoms with Gasteiger partial charge in [0.2, 0.25) is 0 Å². The van der Waals surface area contributed by atoms with Crippen LogP contribution in [0.4, 0.5) is 0 Å². The van der Waals surface area contributed by atoms with Crippen LogP contribution in [0.15, 0.2) is 71.4 Å². The normalized spacial score (nSPS) is 13.2. The van der Waals surface area contributed by atoms with E-state index in [9.17, 15) is 4.79 Å². The average Bonchev–Trinajstić information content (AvgIpc) is 3.28. The van der Waals surface area contributed by atoms with Crippen LogP contribution in [0.25, 0.3) is 11.0 Å². The van der Waals surface area contributed by atoms with Gasteiger partial charge < -0.3 is 9.55 Å². The van der Waals surface area contributed by atoms with E-state index in [0.717, 1.165) is 5.39 Å². The van der Waals surface area contributed by atoms with Gasteiger partial charge in [0.25, 0.3) is 5.91 Å². The lowest BCUT2D eigenvalue weighted by molar-refractivity contribution is 0.0999. The predicted octanol–water partition coefficient (Wildman–Crippen LogP) is 3.78. The first-order valence-corrected chi connectivity index (χ1v) is 8.84. The standard InChI is InChI=1S/C19H16N4OS/c1-13(14-6-3-2-4-7-14)23-10-11-25-19(23)22-18(24)16-12-21-17-15(16)8-5-9-20-17/h2-13H,1H3,(H,20,21). The summed E-state index contributed by atoms with van der Waals surface area (Å²) >= 11 is 1.45. The van der Waals surface area contributed by atoms with Gasteiger partial charge in [-0.1, -0.05) is 30.3 Å². The van der Waals surface area contributed by atoms with Gasteiger partial charge in [-0.05, 0) is 24.6 Å². The number of fused-ring (bicyclic) bond motifs is 1. The molecule has 5 nitrogen and oxygen atoms in total. The molecule has 0 bridgehead atoms. The molecule has 0 aliphatic carbocycles. The highest BCUT2D eigenvalue weighted by molar-refractivity contribution is 7.07. The maximum absolute atomic E-state index is 12.7. The van der Waals surface area contributed by atoms with Crippen molar-refractivity contribution in [3.8, 4) is 0 Å². The summed E-state index contributed by atoms with van der Waals surface area (Å²) in [7, 11) is 0. The molecule has 1 amide bonds. The van der Waals surface area contributed by atoms with Crippen molar-refractivity contribution in [1.82, 2.24) is 14.5 Å². The van der Waals surface area contributed by atoms with Crippen LogP contribution < -0.4 is 4.80 Å². The Kier molecular flexibility index (Phi) is 4.03. The fourth-order valence-electron chi connectivity index (χ4n) is 2.83. The molecule has 3 aromatic heterocycles. The summed E-state index contributed by atoms with van der Waals surface area (Å²) in [6.45, 7) is 2.10. The van der Waals surface area contributed by atoms with Crippen molar-refractivity contribution in [2.45, 2.75) is 13.0 Å². The highest BCUT2D eigenvalue weighted by Crippen LogP contribution is 2.18. The van der Waals surface area contributed by atoms with E-state index in [4.69, 9.17) is 0 Å². The Bertz CT molecular complexity index is 1090. The number of carbonyl (C=O) groups excluding carboxylic acids is 1. The summed E-state index contributed by atoms with van der Waals surface area (Å²) in [4.78, 5) is 24.9. The minimum Gasteiger partial charge on any atom is -0.345 e. The van der Waals surface area contributed by atoms with Gasteiger partial charge in [0.05, 0.1) is 11.6 Å². The Morgan fingerprint density at radius 1 is 1.24 bits per heavy atom. The first-order valence-electron chi connectivity index (χ1n) is 7.96. The molecule has 4 aromatic rings. The van der Waals surface area contributed by atoms with Gasteiger partial charge in [-0.25, -0.2) is 4.98 Å². The first kappa shape index (κ1) is 15.5. The van der Waals surface area contributed by atoms with E-state index in [1.807, 2.05) is 46.5 Å². The fraction of sp³-hybridized carbons (Fsp3) is 0.105. The van der Waals surface area contributed by atoms with Crippen molar-refractivity contribution in [3.63, 3.8) is 0 Å². The number of nitrogens with zero attached hydrogens (tertiary/aromatic N) is 3. The van der Waals surface area contributed by atoms with Gasteiger partial charge >= 0.3 is 0 Å². The van der Waals surface area contributed by atoms with Gasteiger partial charge in [0.1, 0.15) is 5.65 Å². The Hall–Kier alpha value is -2.99. The fourth-order valence-corrected chi connectivity index (χ4v) is 3.62. The number of hydrogen-bond acceptors (Lipinski definition) is 3. The van der Waals surface area contributed by atoms with Crippen LogP contribution in [-0.4, -0.2) is 20.4 Å². The zero-order valence-electron chi connectivity index (χ0n) is 13.6. The third kappa shape index (κ3) is 2.92.